The van der Waals surface area contributed by atoms with E-state index in [1.165, 1.54) is 11.9 Å². The van der Waals surface area contributed by atoms with Crippen molar-refractivity contribution in [2.24, 2.45) is 0 Å². The first kappa shape index (κ1) is 11.3. The Kier molecular flexibility index (Phi) is 3.06. The first-order valence-electron chi connectivity index (χ1n) is 5.76. The van der Waals surface area contributed by atoms with E-state index >= 15 is 0 Å². The summed E-state index contributed by atoms with van der Waals surface area (Å²) in [4.78, 5) is 3.99. The molecule has 0 amide bonds. The van der Waals surface area contributed by atoms with Gasteiger partial charge in [-0.3, -0.25) is 0 Å². The molecule has 0 atom stereocenters. The zero-order valence-corrected chi connectivity index (χ0v) is 10.9. The van der Waals surface area contributed by atoms with Crippen LogP contribution in [-0.4, -0.2) is 27.1 Å². The molecule has 0 saturated carbocycles. The summed E-state index contributed by atoms with van der Waals surface area (Å²) in [5.74, 6) is 1.82. The molecule has 0 bridgehead atoms. The Morgan fingerprint density at radius 1 is 1.28 bits per heavy atom. The van der Waals surface area contributed by atoms with E-state index in [2.05, 4.69) is 41.3 Å². The largest absolute Gasteiger partial charge is 0.489 e. The second-order valence-corrected chi connectivity index (χ2v) is 5.12. The number of thioether (sulfide) groups is 1. The zero-order chi connectivity index (χ0) is 12.4. The quantitative estimate of drug-likeness (QED) is 0.831. The third kappa shape index (κ3) is 2.13. The van der Waals surface area contributed by atoms with Crippen LogP contribution in [0.1, 0.15) is 11.1 Å². The van der Waals surface area contributed by atoms with Crippen LogP contribution in [0.15, 0.2) is 36.9 Å². The van der Waals surface area contributed by atoms with Crippen LogP contribution < -0.4 is 0 Å². The van der Waals surface area contributed by atoms with Crippen molar-refractivity contribution in [3.8, 4) is 0 Å². The van der Waals surface area contributed by atoms with E-state index in [-0.39, 0.29) is 0 Å². The lowest BCUT2D eigenvalue weighted by Crippen LogP contribution is -2.10. The van der Waals surface area contributed by atoms with Gasteiger partial charge in [0.1, 0.15) is 17.7 Å². The number of rotatable bonds is 2. The van der Waals surface area contributed by atoms with Crippen LogP contribution in [0.4, 0.5) is 0 Å². The lowest BCUT2D eigenvalue weighted by Gasteiger charge is -2.20. The molecule has 0 saturated heterocycles. The Morgan fingerprint density at radius 2 is 2.11 bits per heavy atom. The Labute approximate surface area is 110 Å². The van der Waals surface area contributed by atoms with Gasteiger partial charge in [0.15, 0.2) is 5.76 Å². The summed E-state index contributed by atoms with van der Waals surface area (Å²) in [5.41, 5.74) is 2.32. The van der Waals surface area contributed by atoms with Crippen LogP contribution in [0.5, 0.6) is 0 Å². The predicted octanol–water partition coefficient (Wildman–Crippen LogP) is 2.63. The van der Waals surface area contributed by atoms with Crippen molar-refractivity contribution in [3.05, 3.63) is 48.0 Å². The highest BCUT2D eigenvalue weighted by molar-refractivity contribution is 8.08. The van der Waals surface area contributed by atoms with Gasteiger partial charge in [-0.25, -0.2) is 9.67 Å². The van der Waals surface area contributed by atoms with Crippen molar-refractivity contribution >= 4 is 22.6 Å². The van der Waals surface area contributed by atoms with Gasteiger partial charge in [0.05, 0.1) is 6.61 Å². The Bertz CT molecular complexity index is 560. The van der Waals surface area contributed by atoms with Gasteiger partial charge in [-0.15, -0.1) is 0 Å². The fourth-order valence-electron chi connectivity index (χ4n) is 1.80. The molecule has 3 rings (SSSR count). The fourth-order valence-corrected chi connectivity index (χ4v) is 2.70. The molecule has 0 radical (unpaired) electrons. The second kappa shape index (κ2) is 4.86. The monoisotopic (exact) mass is 259 g/mol. The van der Waals surface area contributed by atoms with Crippen molar-refractivity contribution in [3.63, 3.8) is 0 Å². The molecule has 2 heterocycles. The first-order chi connectivity index (χ1) is 8.84. The van der Waals surface area contributed by atoms with E-state index in [9.17, 15) is 0 Å². The molecule has 2 aromatic rings. The van der Waals surface area contributed by atoms with Crippen LogP contribution in [0, 0.1) is 6.92 Å². The van der Waals surface area contributed by atoms with E-state index in [4.69, 9.17) is 4.74 Å². The molecular formula is C13H13N3OS. The number of aromatic nitrogens is 3. The third-order valence-electron chi connectivity index (χ3n) is 2.70. The van der Waals surface area contributed by atoms with Gasteiger partial charge in [0, 0.05) is 11.3 Å². The number of benzene rings is 1. The summed E-state index contributed by atoms with van der Waals surface area (Å²) in [7, 11) is 0. The summed E-state index contributed by atoms with van der Waals surface area (Å²) >= 11 is 1.74. The number of hydrogen-bond acceptors (Lipinski definition) is 4. The highest BCUT2D eigenvalue weighted by atomic mass is 32.2. The summed E-state index contributed by atoms with van der Waals surface area (Å²) < 4.78 is 7.57. The SMILES string of the molecule is Cc1ccc(C2=C(n3cncn3)SCCO2)cc1. The van der Waals surface area contributed by atoms with Gasteiger partial charge in [-0.2, -0.15) is 5.10 Å². The molecule has 0 unspecified atom stereocenters. The van der Waals surface area contributed by atoms with E-state index in [1.54, 1.807) is 22.8 Å². The van der Waals surface area contributed by atoms with Crippen LogP contribution in [0.25, 0.3) is 10.8 Å². The molecule has 18 heavy (non-hydrogen) atoms. The normalized spacial score (nSPS) is 15.6. The van der Waals surface area contributed by atoms with E-state index in [0.717, 1.165) is 28.7 Å². The minimum absolute atomic E-state index is 0.728. The first-order valence-corrected chi connectivity index (χ1v) is 6.75. The smallest absolute Gasteiger partial charge is 0.158 e. The molecule has 0 fully saturated rings. The Morgan fingerprint density at radius 3 is 2.83 bits per heavy atom. The highest BCUT2D eigenvalue weighted by Gasteiger charge is 2.18. The van der Waals surface area contributed by atoms with Crippen LogP contribution in [0.3, 0.4) is 0 Å². The molecule has 0 aliphatic carbocycles. The summed E-state index contributed by atoms with van der Waals surface area (Å²) in [6.45, 7) is 2.80. The van der Waals surface area contributed by atoms with Gasteiger partial charge in [-0.1, -0.05) is 41.6 Å². The number of ether oxygens (including phenoxy) is 1. The van der Waals surface area contributed by atoms with Crippen LogP contribution in [-0.2, 0) is 4.74 Å². The van der Waals surface area contributed by atoms with Crippen molar-refractivity contribution in [2.75, 3.05) is 12.4 Å². The molecular weight excluding hydrogens is 246 g/mol. The maximum Gasteiger partial charge on any atom is 0.158 e. The Hall–Kier alpha value is -1.75. The maximum absolute atomic E-state index is 5.81. The van der Waals surface area contributed by atoms with Crippen molar-refractivity contribution in [2.45, 2.75) is 6.92 Å². The molecule has 1 aromatic heterocycles. The average Bonchev–Trinajstić information content (AvgIpc) is 2.93. The summed E-state index contributed by atoms with van der Waals surface area (Å²) in [6.07, 6.45) is 3.24. The number of aryl methyl sites for hydroxylation is 1. The second-order valence-electron chi connectivity index (χ2n) is 4.04. The average molecular weight is 259 g/mol. The lowest BCUT2D eigenvalue weighted by atomic mass is 10.1. The van der Waals surface area contributed by atoms with E-state index in [0.29, 0.717) is 0 Å². The van der Waals surface area contributed by atoms with Crippen LogP contribution >= 0.6 is 11.8 Å². The Balaban J connectivity index is 2.07. The van der Waals surface area contributed by atoms with E-state index in [1.807, 2.05) is 0 Å². The van der Waals surface area contributed by atoms with Gasteiger partial charge in [0.2, 0.25) is 0 Å². The van der Waals surface area contributed by atoms with Crippen molar-refractivity contribution in [1.82, 2.24) is 14.8 Å². The molecule has 1 aromatic carbocycles. The van der Waals surface area contributed by atoms with Gasteiger partial charge >= 0.3 is 0 Å². The molecule has 1 aliphatic rings. The summed E-state index contributed by atoms with van der Waals surface area (Å²) in [5, 5.41) is 5.18. The number of nitrogens with zero attached hydrogens (tertiary/aromatic N) is 3. The van der Waals surface area contributed by atoms with Crippen molar-refractivity contribution < 1.29 is 4.74 Å². The van der Waals surface area contributed by atoms with E-state index < -0.39 is 0 Å². The molecule has 1 aliphatic heterocycles. The zero-order valence-electron chi connectivity index (χ0n) is 10.0. The van der Waals surface area contributed by atoms with Crippen molar-refractivity contribution in [1.29, 1.82) is 0 Å². The molecule has 0 N–H and O–H groups in total. The fraction of sp³-hybridized carbons (Fsp3) is 0.231. The topological polar surface area (TPSA) is 39.9 Å². The molecule has 4 nitrogen and oxygen atoms in total. The maximum atomic E-state index is 5.81. The van der Waals surface area contributed by atoms with Gasteiger partial charge < -0.3 is 4.74 Å². The van der Waals surface area contributed by atoms with Gasteiger partial charge in [0.25, 0.3) is 0 Å². The molecule has 92 valence electrons. The lowest BCUT2D eigenvalue weighted by molar-refractivity contribution is 0.299. The summed E-state index contributed by atoms with van der Waals surface area (Å²) in [6, 6.07) is 8.33. The van der Waals surface area contributed by atoms with Crippen LogP contribution in [0.2, 0.25) is 0 Å². The van der Waals surface area contributed by atoms with Gasteiger partial charge in [-0.05, 0) is 6.92 Å². The minimum Gasteiger partial charge on any atom is -0.489 e. The predicted molar refractivity (Wildman–Crippen MR) is 72.7 cm³/mol. The standard InChI is InChI=1S/C13H13N3OS/c1-10-2-4-11(5-3-10)12-13(18-7-6-17-12)16-9-14-8-15-16/h2-5,8-9H,6-7H2,1H3. The molecule has 5 heteroatoms. The third-order valence-corrected chi connectivity index (χ3v) is 3.72. The highest BCUT2D eigenvalue weighted by Crippen LogP contribution is 2.34. The molecule has 0 spiro atoms. The minimum atomic E-state index is 0.728. The number of hydrogen-bond donors (Lipinski definition) is 0.